The van der Waals surface area contributed by atoms with Crippen molar-refractivity contribution in [2.75, 3.05) is 0 Å². The third kappa shape index (κ3) is 2.07. The van der Waals surface area contributed by atoms with E-state index in [4.69, 9.17) is 9.15 Å². The number of hydrogen-bond donors (Lipinski definition) is 0. The molecule has 1 aromatic heterocycles. The molecule has 0 radical (unpaired) electrons. The van der Waals surface area contributed by atoms with Crippen molar-refractivity contribution >= 4 is 11.1 Å². The third-order valence-electron chi connectivity index (χ3n) is 2.81. The fourth-order valence-corrected chi connectivity index (χ4v) is 1.79. The number of hydrogen-bond acceptors (Lipinski definition) is 3. The summed E-state index contributed by atoms with van der Waals surface area (Å²) in [6.07, 6.45) is 1.30. The van der Waals surface area contributed by atoms with Crippen molar-refractivity contribution in [3.05, 3.63) is 54.1 Å². The first kappa shape index (κ1) is 10.8. The highest BCUT2D eigenvalue weighted by Crippen LogP contribution is 2.25. The van der Waals surface area contributed by atoms with Gasteiger partial charge in [0.25, 0.3) is 0 Å². The maximum Gasteiger partial charge on any atom is 0.400 e. The molecule has 18 heavy (non-hydrogen) atoms. The molecule has 0 atom stereocenters. The lowest BCUT2D eigenvalue weighted by Gasteiger charge is -2.01. The van der Waals surface area contributed by atoms with Crippen molar-refractivity contribution in [1.29, 1.82) is 0 Å². The van der Waals surface area contributed by atoms with Gasteiger partial charge in [-0.25, -0.2) is 0 Å². The Morgan fingerprint density at radius 2 is 1.83 bits per heavy atom. The Labute approximate surface area is 105 Å². The lowest BCUT2D eigenvalue weighted by molar-refractivity contribution is 0.343. The molecular weight excluding hydrogens is 226 g/mol. The van der Waals surface area contributed by atoms with Gasteiger partial charge in [-0.1, -0.05) is 31.2 Å². The van der Waals surface area contributed by atoms with Crippen LogP contribution in [0.1, 0.15) is 12.5 Å². The Morgan fingerprint density at radius 1 is 1.06 bits per heavy atom. The second kappa shape index (κ2) is 4.53. The third-order valence-corrected chi connectivity index (χ3v) is 2.81. The predicted molar refractivity (Wildman–Crippen MR) is 69.9 cm³/mol. The molecule has 2 aromatic carbocycles. The molecule has 0 aliphatic rings. The maximum absolute atomic E-state index is 5.59. The van der Waals surface area contributed by atoms with Crippen LogP contribution in [0.3, 0.4) is 0 Å². The molecule has 0 saturated heterocycles. The summed E-state index contributed by atoms with van der Waals surface area (Å²) in [5.74, 6) is 0.735. The summed E-state index contributed by atoms with van der Waals surface area (Å²) in [6, 6.07) is 15.5. The normalized spacial score (nSPS) is 10.7. The number of para-hydroxylation sites is 2. The van der Waals surface area contributed by atoms with Gasteiger partial charge in [-0.3, -0.25) is 0 Å². The largest absolute Gasteiger partial charge is 0.411 e. The minimum absolute atomic E-state index is 0.278. The Kier molecular flexibility index (Phi) is 2.73. The first-order valence-corrected chi connectivity index (χ1v) is 5.97. The van der Waals surface area contributed by atoms with Gasteiger partial charge in [0.05, 0.1) is 0 Å². The summed E-state index contributed by atoms with van der Waals surface area (Å²) in [5.41, 5.74) is 2.82. The smallest absolute Gasteiger partial charge is 0.400 e. The molecule has 3 aromatic rings. The highest BCUT2D eigenvalue weighted by molar-refractivity contribution is 5.72. The lowest BCUT2D eigenvalue weighted by Crippen LogP contribution is -1.85. The van der Waals surface area contributed by atoms with Gasteiger partial charge in [-0.2, -0.15) is 4.98 Å². The second-order valence-corrected chi connectivity index (χ2v) is 4.05. The van der Waals surface area contributed by atoms with Gasteiger partial charge in [0.2, 0.25) is 0 Å². The number of fused-ring (bicyclic) bond motifs is 1. The minimum atomic E-state index is 0.278. The van der Waals surface area contributed by atoms with Crippen LogP contribution in [0.4, 0.5) is 0 Å². The van der Waals surface area contributed by atoms with Gasteiger partial charge in [0.1, 0.15) is 11.3 Å². The van der Waals surface area contributed by atoms with E-state index in [1.54, 1.807) is 0 Å². The van der Waals surface area contributed by atoms with Crippen LogP contribution in [0.25, 0.3) is 11.1 Å². The number of rotatable bonds is 3. The molecule has 90 valence electrons. The van der Waals surface area contributed by atoms with E-state index in [9.17, 15) is 0 Å². The SMILES string of the molecule is CCc1ccc(Oc2nc3ccccc3o2)cc1. The van der Waals surface area contributed by atoms with E-state index in [2.05, 4.69) is 11.9 Å². The zero-order valence-corrected chi connectivity index (χ0v) is 10.1. The zero-order valence-electron chi connectivity index (χ0n) is 10.1. The van der Waals surface area contributed by atoms with Crippen LogP contribution in [0.5, 0.6) is 11.8 Å². The molecule has 0 fully saturated rings. The molecule has 0 aliphatic heterocycles. The molecule has 0 aliphatic carbocycles. The number of nitrogens with zero attached hydrogens (tertiary/aromatic N) is 1. The number of benzene rings is 2. The molecule has 0 unspecified atom stereocenters. The summed E-state index contributed by atoms with van der Waals surface area (Å²) in [4.78, 5) is 4.26. The van der Waals surface area contributed by atoms with E-state index in [1.807, 2.05) is 48.5 Å². The number of aryl methyl sites for hydroxylation is 1. The van der Waals surface area contributed by atoms with Crippen LogP contribution in [0.15, 0.2) is 52.9 Å². The molecule has 0 saturated carbocycles. The van der Waals surface area contributed by atoms with Gasteiger partial charge in [0.15, 0.2) is 5.58 Å². The summed E-state index contributed by atoms with van der Waals surface area (Å²) in [6.45, 7) is 2.12. The average molecular weight is 239 g/mol. The molecule has 3 heteroatoms. The Balaban J connectivity index is 1.86. The summed E-state index contributed by atoms with van der Waals surface area (Å²) >= 11 is 0. The zero-order chi connectivity index (χ0) is 12.4. The molecule has 3 nitrogen and oxygen atoms in total. The van der Waals surface area contributed by atoms with Crippen LogP contribution < -0.4 is 4.74 Å². The summed E-state index contributed by atoms with van der Waals surface area (Å²) in [5, 5.41) is 0. The molecule has 0 amide bonds. The number of ether oxygens (including phenoxy) is 1. The first-order chi connectivity index (χ1) is 8.85. The van der Waals surface area contributed by atoms with E-state index in [1.165, 1.54) is 5.56 Å². The highest BCUT2D eigenvalue weighted by atomic mass is 16.6. The predicted octanol–water partition coefficient (Wildman–Crippen LogP) is 4.18. The quantitative estimate of drug-likeness (QED) is 0.687. The van der Waals surface area contributed by atoms with Crippen molar-refractivity contribution in [3.63, 3.8) is 0 Å². The van der Waals surface area contributed by atoms with Gasteiger partial charge < -0.3 is 9.15 Å². The van der Waals surface area contributed by atoms with Crippen molar-refractivity contribution < 1.29 is 9.15 Å². The fraction of sp³-hybridized carbons (Fsp3) is 0.133. The van der Waals surface area contributed by atoms with E-state index >= 15 is 0 Å². The minimum Gasteiger partial charge on any atom is -0.411 e. The first-order valence-electron chi connectivity index (χ1n) is 5.97. The molecule has 0 bridgehead atoms. The van der Waals surface area contributed by atoms with E-state index in [0.717, 1.165) is 23.3 Å². The van der Waals surface area contributed by atoms with Gasteiger partial charge in [-0.05, 0) is 36.2 Å². The Hall–Kier alpha value is -2.29. The molecule has 3 rings (SSSR count). The van der Waals surface area contributed by atoms with Crippen LogP contribution in [0, 0.1) is 0 Å². The van der Waals surface area contributed by atoms with Crippen molar-refractivity contribution in [3.8, 4) is 11.8 Å². The Bertz CT molecular complexity index is 623. The molecule has 0 N–H and O–H groups in total. The van der Waals surface area contributed by atoms with E-state index < -0.39 is 0 Å². The van der Waals surface area contributed by atoms with Crippen LogP contribution in [-0.4, -0.2) is 4.98 Å². The summed E-state index contributed by atoms with van der Waals surface area (Å²) in [7, 11) is 0. The highest BCUT2D eigenvalue weighted by Gasteiger charge is 2.06. The average Bonchev–Trinajstić information content (AvgIpc) is 2.82. The number of aromatic nitrogens is 1. The van der Waals surface area contributed by atoms with Crippen molar-refractivity contribution in [2.24, 2.45) is 0 Å². The second-order valence-electron chi connectivity index (χ2n) is 4.05. The van der Waals surface area contributed by atoms with Crippen molar-refractivity contribution in [2.45, 2.75) is 13.3 Å². The van der Waals surface area contributed by atoms with Crippen LogP contribution in [0.2, 0.25) is 0 Å². The van der Waals surface area contributed by atoms with Gasteiger partial charge >= 0.3 is 6.08 Å². The van der Waals surface area contributed by atoms with Crippen LogP contribution >= 0.6 is 0 Å². The molecular formula is C15H13NO2. The maximum atomic E-state index is 5.59. The summed E-state index contributed by atoms with van der Waals surface area (Å²) < 4.78 is 11.1. The fourth-order valence-electron chi connectivity index (χ4n) is 1.79. The molecule has 0 spiro atoms. The topological polar surface area (TPSA) is 35.3 Å². The Morgan fingerprint density at radius 3 is 2.56 bits per heavy atom. The van der Waals surface area contributed by atoms with Gasteiger partial charge in [-0.15, -0.1) is 0 Å². The monoisotopic (exact) mass is 239 g/mol. The number of oxazole rings is 1. The van der Waals surface area contributed by atoms with E-state index in [0.29, 0.717) is 0 Å². The molecule has 1 heterocycles. The van der Waals surface area contributed by atoms with Crippen LogP contribution in [-0.2, 0) is 6.42 Å². The lowest BCUT2D eigenvalue weighted by atomic mass is 10.2. The van der Waals surface area contributed by atoms with E-state index in [-0.39, 0.29) is 6.08 Å². The standard InChI is InChI=1S/C15H13NO2/c1-2-11-7-9-12(10-8-11)17-15-16-13-5-3-4-6-14(13)18-15/h3-10H,2H2,1H3. The van der Waals surface area contributed by atoms with Crippen molar-refractivity contribution in [1.82, 2.24) is 4.98 Å². The van der Waals surface area contributed by atoms with Gasteiger partial charge in [0, 0.05) is 0 Å².